The molecule has 9 aromatic rings. The lowest BCUT2D eigenvalue weighted by molar-refractivity contribution is 0.602. The van der Waals surface area contributed by atoms with Gasteiger partial charge >= 0.3 is 0 Å². The molecule has 0 amide bonds. The van der Waals surface area contributed by atoms with E-state index in [4.69, 9.17) is 8.83 Å². The Morgan fingerprint density at radius 3 is 1.52 bits per heavy atom. The molecule has 0 saturated carbocycles. The Morgan fingerprint density at radius 1 is 0.283 bits per heavy atom. The van der Waals surface area contributed by atoms with Crippen LogP contribution in [-0.4, -0.2) is 0 Å². The van der Waals surface area contributed by atoms with Crippen LogP contribution in [0.25, 0.3) is 88.7 Å². The van der Waals surface area contributed by atoms with Crippen LogP contribution >= 0.6 is 0 Å². The maximum absolute atomic E-state index is 7.00. The predicted octanol–water partition coefficient (Wildman–Crippen LogP) is 12.7. The van der Waals surface area contributed by atoms with E-state index < -0.39 is 0 Å². The molecule has 0 aliphatic heterocycles. The van der Waals surface area contributed by atoms with E-state index in [1.807, 2.05) is 12.1 Å². The third kappa shape index (κ3) is 4.27. The molecular formula is C44H28O2. The van der Waals surface area contributed by atoms with E-state index in [-0.39, 0.29) is 0 Å². The molecule has 0 bridgehead atoms. The third-order valence-corrected chi connectivity index (χ3v) is 8.94. The smallest absolute Gasteiger partial charge is 0.143 e. The fourth-order valence-electron chi connectivity index (χ4n) is 6.78. The van der Waals surface area contributed by atoms with Gasteiger partial charge in [-0.1, -0.05) is 152 Å². The zero-order valence-electron chi connectivity index (χ0n) is 25.0. The first-order valence-electron chi connectivity index (χ1n) is 15.6. The van der Waals surface area contributed by atoms with Crippen LogP contribution in [0.15, 0.2) is 179 Å². The topological polar surface area (TPSA) is 26.3 Å². The summed E-state index contributed by atoms with van der Waals surface area (Å²) in [5.74, 6) is 1.74. The van der Waals surface area contributed by atoms with E-state index in [1.165, 1.54) is 0 Å². The summed E-state index contributed by atoms with van der Waals surface area (Å²) in [5.41, 5.74) is 10.6. The van der Waals surface area contributed by atoms with Gasteiger partial charge in [0.1, 0.15) is 22.7 Å². The highest BCUT2D eigenvalue weighted by Gasteiger charge is 2.22. The summed E-state index contributed by atoms with van der Waals surface area (Å²) >= 11 is 0. The average molecular weight is 589 g/mol. The maximum Gasteiger partial charge on any atom is 0.143 e. The highest BCUT2D eigenvalue weighted by Crippen LogP contribution is 2.46. The van der Waals surface area contributed by atoms with Crippen molar-refractivity contribution in [3.8, 4) is 56.0 Å². The van der Waals surface area contributed by atoms with Crippen LogP contribution in [0, 0.1) is 0 Å². The Balaban J connectivity index is 1.28. The standard InChI is InChI=1S/C44H28O2/c1-3-14-29(15-4-1)32-18-7-8-20-35(32)43-37-21-9-10-22-38(37)44(46-43)39-27-26-31(28-40(39)30-16-5-2-6-17-30)33-23-13-24-36-34-19-11-12-25-41(34)45-42(33)36/h1-28H. The summed E-state index contributed by atoms with van der Waals surface area (Å²) in [6, 6.07) is 59.4. The monoisotopic (exact) mass is 588 g/mol. The van der Waals surface area contributed by atoms with E-state index in [1.54, 1.807) is 0 Å². The van der Waals surface area contributed by atoms with Crippen molar-refractivity contribution < 1.29 is 8.83 Å². The first-order chi connectivity index (χ1) is 22.8. The number of fused-ring (bicyclic) bond motifs is 4. The first kappa shape index (κ1) is 26.3. The predicted molar refractivity (Wildman–Crippen MR) is 191 cm³/mol. The van der Waals surface area contributed by atoms with E-state index in [9.17, 15) is 0 Å². The second-order valence-electron chi connectivity index (χ2n) is 11.6. The van der Waals surface area contributed by atoms with Crippen LogP contribution in [0.2, 0.25) is 0 Å². The number of rotatable bonds is 5. The van der Waals surface area contributed by atoms with Crippen molar-refractivity contribution in [1.29, 1.82) is 0 Å². The molecular weight excluding hydrogens is 560 g/mol. The van der Waals surface area contributed by atoms with Gasteiger partial charge in [0, 0.05) is 38.2 Å². The number of hydrogen-bond acceptors (Lipinski definition) is 2. The van der Waals surface area contributed by atoms with Crippen molar-refractivity contribution in [3.63, 3.8) is 0 Å². The fourth-order valence-corrected chi connectivity index (χ4v) is 6.78. The van der Waals surface area contributed by atoms with Gasteiger partial charge in [0.15, 0.2) is 0 Å². The molecule has 0 N–H and O–H groups in total. The molecule has 0 saturated heterocycles. The minimum Gasteiger partial charge on any atom is -0.455 e. The van der Waals surface area contributed by atoms with Gasteiger partial charge in [-0.2, -0.15) is 0 Å². The summed E-state index contributed by atoms with van der Waals surface area (Å²) in [6.45, 7) is 0. The van der Waals surface area contributed by atoms with E-state index >= 15 is 0 Å². The highest BCUT2D eigenvalue weighted by atomic mass is 16.3. The molecule has 0 unspecified atom stereocenters. The summed E-state index contributed by atoms with van der Waals surface area (Å²) in [5, 5.41) is 4.43. The van der Waals surface area contributed by atoms with Gasteiger partial charge in [0.25, 0.3) is 0 Å². The summed E-state index contributed by atoms with van der Waals surface area (Å²) in [4.78, 5) is 0. The van der Waals surface area contributed by atoms with E-state index in [0.29, 0.717) is 0 Å². The highest BCUT2D eigenvalue weighted by molar-refractivity contribution is 6.10. The van der Waals surface area contributed by atoms with E-state index in [2.05, 4.69) is 158 Å². The Kier molecular flexibility index (Phi) is 6.17. The molecule has 2 heteroatoms. The third-order valence-electron chi connectivity index (χ3n) is 8.94. The molecule has 2 aromatic heterocycles. The SMILES string of the molecule is c1ccc(-c2ccccc2-c2oc(-c3ccc(-c4cccc5c4oc4ccccc45)cc3-c3ccccc3)c3ccccc23)cc1. The molecule has 46 heavy (non-hydrogen) atoms. The molecule has 9 rings (SSSR count). The van der Waals surface area contributed by atoms with Gasteiger partial charge in [0.2, 0.25) is 0 Å². The molecule has 2 heterocycles. The Bertz CT molecular complexity index is 2520. The first-order valence-corrected chi connectivity index (χ1v) is 15.6. The van der Waals surface area contributed by atoms with Gasteiger partial charge in [0.05, 0.1) is 0 Å². The second kappa shape index (κ2) is 10.8. The minimum absolute atomic E-state index is 0.862. The van der Waals surface area contributed by atoms with Crippen LogP contribution in [-0.2, 0) is 0 Å². The van der Waals surface area contributed by atoms with Crippen LogP contribution in [0.1, 0.15) is 0 Å². The number of furan rings is 2. The largest absolute Gasteiger partial charge is 0.455 e. The van der Waals surface area contributed by atoms with Crippen molar-refractivity contribution in [3.05, 3.63) is 170 Å². The van der Waals surface area contributed by atoms with Gasteiger partial charge in [-0.05, 0) is 46.0 Å². The van der Waals surface area contributed by atoms with Gasteiger partial charge in [-0.3, -0.25) is 0 Å². The fraction of sp³-hybridized carbons (Fsp3) is 0. The molecule has 2 nitrogen and oxygen atoms in total. The zero-order valence-corrected chi connectivity index (χ0v) is 25.0. The van der Waals surface area contributed by atoms with Crippen molar-refractivity contribution in [2.24, 2.45) is 0 Å². The molecule has 0 aliphatic carbocycles. The van der Waals surface area contributed by atoms with Gasteiger partial charge in [-0.15, -0.1) is 0 Å². The quantitative estimate of drug-likeness (QED) is 0.200. The van der Waals surface area contributed by atoms with Crippen molar-refractivity contribution in [2.45, 2.75) is 0 Å². The number of para-hydroxylation sites is 2. The molecule has 0 spiro atoms. The maximum atomic E-state index is 7.00. The lowest BCUT2D eigenvalue weighted by Crippen LogP contribution is -1.88. The molecule has 216 valence electrons. The average Bonchev–Trinajstić information content (AvgIpc) is 3.71. The molecule has 0 fully saturated rings. The molecule has 0 aliphatic rings. The van der Waals surface area contributed by atoms with Gasteiger partial charge in [-0.25, -0.2) is 0 Å². The minimum atomic E-state index is 0.862. The lowest BCUT2D eigenvalue weighted by atomic mass is 9.92. The molecule has 0 radical (unpaired) electrons. The summed E-state index contributed by atoms with van der Waals surface area (Å²) in [7, 11) is 0. The number of hydrogen-bond donors (Lipinski definition) is 0. The Hall–Kier alpha value is -6.12. The van der Waals surface area contributed by atoms with Crippen molar-refractivity contribution >= 4 is 32.7 Å². The normalized spacial score (nSPS) is 11.5. The molecule has 0 atom stereocenters. The van der Waals surface area contributed by atoms with Crippen molar-refractivity contribution in [1.82, 2.24) is 0 Å². The summed E-state index contributed by atoms with van der Waals surface area (Å²) < 4.78 is 13.4. The van der Waals surface area contributed by atoms with Crippen LogP contribution in [0.4, 0.5) is 0 Å². The Morgan fingerprint density at radius 2 is 0.804 bits per heavy atom. The zero-order chi connectivity index (χ0) is 30.5. The Labute approximate surface area is 266 Å². The van der Waals surface area contributed by atoms with Crippen molar-refractivity contribution in [2.75, 3.05) is 0 Å². The van der Waals surface area contributed by atoms with E-state index in [0.717, 1.165) is 88.7 Å². The van der Waals surface area contributed by atoms with Crippen LogP contribution < -0.4 is 0 Å². The van der Waals surface area contributed by atoms with Crippen LogP contribution in [0.5, 0.6) is 0 Å². The number of benzene rings is 7. The second-order valence-corrected chi connectivity index (χ2v) is 11.6. The van der Waals surface area contributed by atoms with Crippen LogP contribution in [0.3, 0.4) is 0 Å². The summed E-state index contributed by atoms with van der Waals surface area (Å²) in [6.07, 6.45) is 0. The van der Waals surface area contributed by atoms with Gasteiger partial charge < -0.3 is 8.83 Å². The molecule has 7 aromatic carbocycles. The lowest BCUT2D eigenvalue weighted by Gasteiger charge is -2.12.